The Morgan fingerprint density at radius 1 is 1.30 bits per heavy atom. The number of benzene rings is 1. The van der Waals surface area contributed by atoms with Gasteiger partial charge < -0.3 is 18.9 Å². The number of carbonyl (C=O) groups excluding carboxylic acids is 1. The third kappa shape index (κ3) is 3.51. The van der Waals surface area contributed by atoms with Crippen molar-refractivity contribution in [3.8, 4) is 0 Å². The number of alkyl halides is 1. The zero-order valence-electron chi connectivity index (χ0n) is 14.8. The Hall–Kier alpha value is -2.55. The number of aromatic nitrogens is 1. The average Bonchev–Trinajstić information content (AvgIpc) is 2.65. The first-order chi connectivity index (χ1) is 13.0. The molecule has 1 saturated heterocycles. The second kappa shape index (κ2) is 7.99. The van der Waals surface area contributed by atoms with Crippen LogP contribution in [0.5, 0.6) is 0 Å². The number of esters is 1. The van der Waals surface area contributed by atoms with Crippen LogP contribution in [-0.4, -0.2) is 50.1 Å². The summed E-state index contributed by atoms with van der Waals surface area (Å²) in [6.07, 6.45) is 1.06. The van der Waals surface area contributed by atoms with Crippen LogP contribution < -0.4 is 10.3 Å². The van der Waals surface area contributed by atoms with Gasteiger partial charge in [-0.3, -0.25) is 4.79 Å². The number of hydrogen-bond acceptors (Lipinski definition) is 5. The van der Waals surface area contributed by atoms with Crippen LogP contribution in [0.1, 0.15) is 17.3 Å². The van der Waals surface area contributed by atoms with Gasteiger partial charge in [-0.05, 0) is 13.0 Å². The molecule has 1 aliphatic rings. The number of aryl methyl sites for hydroxylation is 1. The number of rotatable bonds is 5. The van der Waals surface area contributed by atoms with E-state index in [0.29, 0.717) is 13.2 Å². The number of hydrogen-bond donors (Lipinski definition) is 0. The fourth-order valence-electron chi connectivity index (χ4n) is 3.18. The zero-order chi connectivity index (χ0) is 19.6. The third-order valence-corrected chi connectivity index (χ3v) is 4.38. The second-order valence-corrected chi connectivity index (χ2v) is 5.99. The minimum absolute atomic E-state index is 0.0259. The van der Waals surface area contributed by atoms with Gasteiger partial charge in [0.15, 0.2) is 5.82 Å². The van der Waals surface area contributed by atoms with Crippen LogP contribution in [-0.2, 0) is 16.0 Å². The summed E-state index contributed by atoms with van der Waals surface area (Å²) in [6, 6.07) is 0.892. The highest BCUT2D eigenvalue weighted by Gasteiger charge is 2.26. The second-order valence-electron chi connectivity index (χ2n) is 5.99. The molecule has 0 spiro atoms. The summed E-state index contributed by atoms with van der Waals surface area (Å²) in [5.74, 6) is -2.81. The summed E-state index contributed by atoms with van der Waals surface area (Å²) in [7, 11) is 0. The molecule has 1 aromatic carbocycles. The van der Waals surface area contributed by atoms with Crippen LogP contribution >= 0.6 is 0 Å². The van der Waals surface area contributed by atoms with Crippen molar-refractivity contribution >= 4 is 22.6 Å². The molecule has 0 bridgehead atoms. The number of halogens is 3. The lowest BCUT2D eigenvalue weighted by Crippen LogP contribution is -2.37. The molecule has 2 aromatic rings. The maximum atomic E-state index is 15.2. The summed E-state index contributed by atoms with van der Waals surface area (Å²) >= 11 is 0. The Morgan fingerprint density at radius 3 is 2.63 bits per heavy atom. The first-order valence-electron chi connectivity index (χ1n) is 8.60. The molecule has 1 aliphatic heterocycles. The normalized spacial score (nSPS) is 14.6. The summed E-state index contributed by atoms with van der Waals surface area (Å²) in [6.45, 7) is 1.64. The molecule has 27 heavy (non-hydrogen) atoms. The highest BCUT2D eigenvalue weighted by molar-refractivity contribution is 5.94. The molecular formula is C18H19F3N2O4. The van der Waals surface area contributed by atoms with Gasteiger partial charge in [0.2, 0.25) is 5.43 Å². The van der Waals surface area contributed by atoms with E-state index >= 15 is 4.39 Å². The number of anilines is 1. The molecule has 0 aliphatic carbocycles. The molecule has 0 atom stereocenters. The molecule has 2 heterocycles. The lowest BCUT2D eigenvalue weighted by atomic mass is 10.1. The van der Waals surface area contributed by atoms with Crippen molar-refractivity contribution in [2.24, 2.45) is 0 Å². The molecule has 1 aromatic heterocycles. The molecule has 0 N–H and O–H groups in total. The first kappa shape index (κ1) is 19.2. The van der Waals surface area contributed by atoms with Gasteiger partial charge >= 0.3 is 5.97 Å². The summed E-state index contributed by atoms with van der Waals surface area (Å²) in [5, 5.41) is -0.332. The van der Waals surface area contributed by atoms with Crippen molar-refractivity contribution in [1.82, 2.24) is 4.57 Å². The Kier molecular flexibility index (Phi) is 5.69. The van der Waals surface area contributed by atoms with Gasteiger partial charge in [-0.15, -0.1) is 0 Å². The molecule has 6 nitrogen and oxygen atoms in total. The van der Waals surface area contributed by atoms with Gasteiger partial charge in [-0.25, -0.2) is 18.0 Å². The van der Waals surface area contributed by atoms with E-state index in [2.05, 4.69) is 0 Å². The van der Waals surface area contributed by atoms with E-state index in [1.807, 2.05) is 0 Å². The predicted octanol–water partition coefficient (Wildman–Crippen LogP) is 2.26. The molecule has 0 unspecified atom stereocenters. The number of nitrogens with zero attached hydrogens (tertiary/aromatic N) is 2. The largest absolute Gasteiger partial charge is 0.462 e. The molecule has 0 saturated carbocycles. The van der Waals surface area contributed by atoms with Crippen molar-refractivity contribution in [3.05, 3.63) is 39.7 Å². The molecule has 0 radical (unpaired) electrons. The average molecular weight is 384 g/mol. The minimum Gasteiger partial charge on any atom is -0.462 e. The molecule has 1 fully saturated rings. The summed E-state index contributed by atoms with van der Waals surface area (Å²) < 4.78 is 54.1. The minimum atomic E-state index is -0.965. The highest BCUT2D eigenvalue weighted by Crippen LogP contribution is 2.30. The van der Waals surface area contributed by atoms with Crippen LogP contribution in [0.4, 0.5) is 18.9 Å². The summed E-state index contributed by atoms with van der Waals surface area (Å²) in [5.41, 5.74) is -1.78. The van der Waals surface area contributed by atoms with E-state index in [0.717, 1.165) is 16.8 Å². The lowest BCUT2D eigenvalue weighted by molar-refractivity contribution is 0.0524. The van der Waals surface area contributed by atoms with Crippen molar-refractivity contribution in [3.63, 3.8) is 0 Å². The number of carbonyl (C=O) groups is 1. The Bertz CT molecular complexity index is 923. The van der Waals surface area contributed by atoms with Crippen LogP contribution in [0, 0.1) is 11.6 Å². The zero-order valence-corrected chi connectivity index (χ0v) is 14.8. The van der Waals surface area contributed by atoms with Crippen molar-refractivity contribution in [2.45, 2.75) is 13.5 Å². The predicted molar refractivity (Wildman–Crippen MR) is 93.1 cm³/mol. The monoisotopic (exact) mass is 384 g/mol. The van der Waals surface area contributed by atoms with Crippen LogP contribution in [0.15, 0.2) is 17.1 Å². The van der Waals surface area contributed by atoms with E-state index in [9.17, 15) is 18.4 Å². The van der Waals surface area contributed by atoms with E-state index in [-0.39, 0.29) is 42.8 Å². The number of ether oxygens (including phenoxy) is 2. The number of fused-ring (bicyclic) bond motifs is 1. The Balaban J connectivity index is 2.27. The van der Waals surface area contributed by atoms with Gasteiger partial charge in [0.05, 0.1) is 37.3 Å². The van der Waals surface area contributed by atoms with Crippen LogP contribution in [0.25, 0.3) is 10.9 Å². The van der Waals surface area contributed by atoms with Gasteiger partial charge in [-0.2, -0.15) is 0 Å². The highest BCUT2D eigenvalue weighted by atomic mass is 19.1. The number of pyridine rings is 1. The third-order valence-electron chi connectivity index (χ3n) is 4.38. The van der Waals surface area contributed by atoms with Gasteiger partial charge in [0.25, 0.3) is 0 Å². The van der Waals surface area contributed by atoms with E-state index < -0.39 is 35.3 Å². The SMILES string of the molecule is CCOC(=O)c1cn(CCF)c2c(F)c(N3CCOCC3)c(F)cc2c1=O. The summed E-state index contributed by atoms with van der Waals surface area (Å²) in [4.78, 5) is 26.1. The number of morpholine rings is 1. The quantitative estimate of drug-likeness (QED) is 0.741. The van der Waals surface area contributed by atoms with E-state index in [4.69, 9.17) is 9.47 Å². The Labute approximate surface area is 153 Å². The van der Waals surface area contributed by atoms with E-state index in [1.165, 1.54) is 4.90 Å². The molecule has 9 heteroatoms. The van der Waals surface area contributed by atoms with Crippen molar-refractivity contribution < 1.29 is 27.4 Å². The van der Waals surface area contributed by atoms with Crippen LogP contribution in [0.3, 0.4) is 0 Å². The maximum Gasteiger partial charge on any atom is 0.343 e. The fraction of sp³-hybridized carbons (Fsp3) is 0.444. The molecule has 0 amide bonds. The smallest absolute Gasteiger partial charge is 0.343 e. The van der Waals surface area contributed by atoms with Crippen molar-refractivity contribution in [1.29, 1.82) is 0 Å². The maximum absolute atomic E-state index is 15.2. The topological polar surface area (TPSA) is 60.8 Å². The first-order valence-corrected chi connectivity index (χ1v) is 8.60. The Morgan fingerprint density at radius 2 is 2.00 bits per heavy atom. The van der Waals surface area contributed by atoms with Crippen LogP contribution in [0.2, 0.25) is 0 Å². The van der Waals surface area contributed by atoms with Gasteiger partial charge in [-0.1, -0.05) is 0 Å². The molecule has 146 valence electrons. The molecular weight excluding hydrogens is 365 g/mol. The standard InChI is InChI=1S/C18H19F3N2O4/c1-2-27-18(25)12-10-23(4-3-19)15-11(17(12)24)9-13(20)16(14(15)21)22-5-7-26-8-6-22/h9-10H,2-8H2,1H3. The lowest BCUT2D eigenvalue weighted by Gasteiger charge is -2.30. The van der Waals surface area contributed by atoms with E-state index in [1.54, 1.807) is 6.92 Å². The van der Waals surface area contributed by atoms with Gasteiger partial charge in [0, 0.05) is 19.3 Å². The van der Waals surface area contributed by atoms with Gasteiger partial charge in [0.1, 0.15) is 23.7 Å². The fourth-order valence-corrected chi connectivity index (χ4v) is 3.18. The van der Waals surface area contributed by atoms with Crippen molar-refractivity contribution in [2.75, 3.05) is 44.5 Å². The molecule has 3 rings (SSSR count).